The first-order valence-corrected chi connectivity index (χ1v) is 14.3. The number of phenolic OH excluding ortho intramolecular Hbond substituents is 1. The molecule has 1 aliphatic carbocycles. The molecule has 0 bridgehead atoms. The fourth-order valence-electron chi connectivity index (χ4n) is 5.47. The molecule has 7 N–H and O–H groups in total. The van der Waals surface area contributed by atoms with E-state index in [9.17, 15) is 20.1 Å². The number of carbonyl (C=O) groups excluding carboxylic acids is 1. The van der Waals surface area contributed by atoms with E-state index in [4.69, 9.17) is 15.2 Å². The first kappa shape index (κ1) is 31.5. The van der Waals surface area contributed by atoms with Crippen molar-refractivity contribution in [2.24, 2.45) is 22.1 Å². The van der Waals surface area contributed by atoms with Crippen molar-refractivity contribution in [1.29, 1.82) is 0 Å². The van der Waals surface area contributed by atoms with Gasteiger partial charge in [0.25, 0.3) is 0 Å². The lowest BCUT2D eigenvalue weighted by atomic mass is 9.77. The van der Waals surface area contributed by atoms with Crippen LogP contribution in [0.25, 0.3) is 0 Å². The molecule has 1 aromatic carbocycles. The van der Waals surface area contributed by atoms with E-state index in [1.165, 1.54) is 6.92 Å². The highest BCUT2D eigenvalue weighted by atomic mass is 16.5. The van der Waals surface area contributed by atoms with Gasteiger partial charge in [-0.2, -0.15) is 0 Å². The van der Waals surface area contributed by atoms with Crippen molar-refractivity contribution in [2.45, 2.75) is 90.1 Å². The number of piperidine rings is 1. The molecule has 1 fully saturated rings. The number of nitrogens with two attached hydrogens (primary N) is 1. The average Bonchev–Trinajstić information content (AvgIpc) is 2.94. The first-order valence-electron chi connectivity index (χ1n) is 14.3. The minimum absolute atomic E-state index is 0.00833. The highest BCUT2D eigenvalue weighted by Crippen LogP contribution is 2.36. The van der Waals surface area contributed by atoms with E-state index in [0.29, 0.717) is 49.5 Å². The summed E-state index contributed by atoms with van der Waals surface area (Å²) in [4.78, 5) is 16.0. The van der Waals surface area contributed by atoms with Gasteiger partial charge in [-0.05, 0) is 74.9 Å². The molecule has 2 aliphatic rings. The highest BCUT2D eigenvalue weighted by Gasteiger charge is 2.32. The lowest BCUT2D eigenvalue weighted by Crippen LogP contribution is -2.41. The van der Waals surface area contributed by atoms with Crippen molar-refractivity contribution in [1.82, 2.24) is 10.6 Å². The van der Waals surface area contributed by atoms with Gasteiger partial charge < -0.3 is 41.2 Å². The van der Waals surface area contributed by atoms with E-state index in [1.807, 2.05) is 0 Å². The highest BCUT2D eigenvalue weighted by molar-refractivity contribution is 5.77. The Bertz CT molecular complexity index is 1080. The number of guanidine groups is 1. The summed E-state index contributed by atoms with van der Waals surface area (Å²) < 4.78 is 11.9. The van der Waals surface area contributed by atoms with E-state index < -0.39 is 23.6 Å². The molecule has 10 nitrogen and oxygen atoms in total. The van der Waals surface area contributed by atoms with Crippen molar-refractivity contribution in [3.63, 3.8) is 0 Å². The largest absolute Gasteiger partial charge is 0.504 e. The van der Waals surface area contributed by atoms with Crippen LogP contribution in [0.3, 0.4) is 0 Å². The van der Waals surface area contributed by atoms with Crippen LogP contribution in [0, 0.1) is 23.2 Å². The summed E-state index contributed by atoms with van der Waals surface area (Å²) in [5.74, 6) is 6.84. The second-order valence-electron chi connectivity index (χ2n) is 11.0. The number of carbonyl (C=O) groups is 1. The maximum Gasteiger partial charge on any atom is 0.302 e. The van der Waals surface area contributed by atoms with Gasteiger partial charge in [0.15, 0.2) is 17.5 Å². The zero-order chi connectivity index (χ0) is 29.1. The van der Waals surface area contributed by atoms with Crippen LogP contribution in [-0.4, -0.2) is 72.2 Å². The standard InChI is InChI=1S/C30H46N4O6/c1-4-30(19-34-29(31)32-3)10-5-6-21(27(39-20(2)36)17-24(37)7-11-30)14-22-16-28(26(38)15-23(22)18-35)40-25-8-12-33-13-9-25/h15-16,21,24-25,27,33,35,37-38H,4,6-9,11-14,17-19H2,1-3H3,(H3,31,32,34)/t21-,24-,27-,30+/m0/s1. The molecule has 0 saturated carbocycles. The van der Waals surface area contributed by atoms with Gasteiger partial charge in [0.2, 0.25) is 0 Å². The third-order valence-electron chi connectivity index (χ3n) is 8.06. The predicted molar refractivity (Wildman–Crippen MR) is 154 cm³/mol. The summed E-state index contributed by atoms with van der Waals surface area (Å²) in [6.07, 6.45) is 3.45. The molecule has 1 saturated heterocycles. The Kier molecular flexibility index (Phi) is 11.9. The van der Waals surface area contributed by atoms with Crippen LogP contribution >= 0.6 is 0 Å². The number of aromatic hydroxyl groups is 1. The molecule has 1 heterocycles. The number of hydrogen-bond donors (Lipinski definition) is 6. The van der Waals surface area contributed by atoms with Crippen molar-refractivity contribution >= 4 is 11.9 Å². The van der Waals surface area contributed by atoms with E-state index in [1.54, 1.807) is 19.2 Å². The van der Waals surface area contributed by atoms with Crippen LogP contribution in [0.4, 0.5) is 0 Å². The smallest absolute Gasteiger partial charge is 0.302 e. The Hall–Kier alpha value is -3.00. The molecule has 4 atom stereocenters. The van der Waals surface area contributed by atoms with Crippen LogP contribution in [0.15, 0.2) is 17.1 Å². The molecular weight excluding hydrogens is 512 g/mol. The fraction of sp³-hybridized carbons (Fsp3) is 0.667. The van der Waals surface area contributed by atoms with E-state index in [2.05, 4.69) is 34.4 Å². The predicted octanol–water partition coefficient (Wildman–Crippen LogP) is 1.97. The van der Waals surface area contributed by atoms with Gasteiger partial charge in [-0.3, -0.25) is 9.79 Å². The lowest BCUT2D eigenvalue weighted by Gasteiger charge is -2.33. The van der Waals surface area contributed by atoms with Crippen molar-refractivity contribution < 1.29 is 29.6 Å². The molecule has 0 aromatic heterocycles. The van der Waals surface area contributed by atoms with Crippen LogP contribution in [-0.2, 0) is 22.6 Å². The Morgan fingerprint density at radius 3 is 2.67 bits per heavy atom. The molecule has 0 radical (unpaired) electrons. The minimum Gasteiger partial charge on any atom is -0.504 e. The number of aliphatic imine (C=N–C) groups is 1. The number of phenols is 1. The Morgan fingerprint density at radius 2 is 2.02 bits per heavy atom. The van der Waals surface area contributed by atoms with E-state index in [-0.39, 0.29) is 30.8 Å². The van der Waals surface area contributed by atoms with Crippen LogP contribution in [0.2, 0.25) is 0 Å². The quantitative estimate of drug-likeness (QED) is 0.115. The van der Waals surface area contributed by atoms with Crippen LogP contribution in [0.1, 0.15) is 69.9 Å². The van der Waals surface area contributed by atoms with E-state index in [0.717, 1.165) is 37.9 Å². The van der Waals surface area contributed by atoms with Crippen LogP contribution in [0.5, 0.6) is 11.5 Å². The third-order valence-corrected chi connectivity index (χ3v) is 8.06. The summed E-state index contributed by atoms with van der Waals surface area (Å²) in [6, 6.07) is 3.32. The molecule has 1 aromatic rings. The monoisotopic (exact) mass is 558 g/mol. The molecule has 222 valence electrons. The van der Waals surface area contributed by atoms with Gasteiger partial charge >= 0.3 is 5.97 Å². The number of aliphatic hydroxyl groups is 2. The van der Waals surface area contributed by atoms with Gasteiger partial charge in [0.1, 0.15) is 12.2 Å². The maximum atomic E-state index is 12.1. The summed E-state index contributed by atoms with van der Waals surface area (Å²) >= 11 is 0. The minimum atomic E-state index is -0.689. The molecular formula is C30H46N4O6. The first-order chi connectivity index (χ1) is 19.2. The number of esters is 1. The zero-order valence-corrected chi connectivity index (χ0v) is 24.0. The number of rotatable bonds is 9. The Labute approximate surface area is 237 Å². The summed E-state index contributed by atoms with van der Waals surface area (Å²) in [5.41, 5.74) is 6.84. The summed E-state index contributed by atoms with van der Waals surface area (Å²) in [5, 5.41) is 38.2. The van der Waals surface area contributed by atoms with Gasteiger partial charge in [-0.25, -0.2) is 0 Å². The van der Waals surface area contributed by atoms with Crippen molar-refractivity contribution in [3.8, 4) is 23.3 Å². The van der Waals surface area contributed by atoms with Crippen molar-refractivity contribution in [3.05, 3.63) is 23.3 Å². The lowest BCUT2D eigenvalue weighted by molar-refractivity contribution is -0.151. The number of ether oxygens (including phenoxy) is 2. The average molecular weight is 559 g/mol. The number of hydrogen-bond acceptors (Lipinski definition) is 8. The zero-order valence-electron chi connectivity index (χ0n) is 24.0. The molecule has 0 unspecified atom stereocenters. The molecule has 1 aliphatic heterocycles. The second-order valence-corrected chi connectivity index (χ2v) is 11.0. The molecule has 0 spiro atoms. The Morgan fingerprint density at radius 1 is 1.27 bits per heavy atom. The summed E-state index contributed by atoms with van der Waals surface area (Å²) in [6.45, 7) is 5.39. The summed E-state index contributed by atoms with van der Waals surface area (Å²) in [7, 11) is 1.62. The van der Waals surface area contributed by atoms with Gasteiger partial charge in [0, 0.05) is 44.7 Å². The molecule has 10 heteroatoms. The molecule has 0 amide bonds. The Balaban J connectivity index is 1.94. The number of nitrogens with one attached hydrogen (secondary N) is 2. The molecule has 40 heavy (non-hydrogen) atoms. The SMILES string of the molecule is CC[C@@]1(CNC(N)=NC)C#CC[C@@H](Cc2cc(OC3CCNCC3)c(O)cc2CO)[C@@H](OC(C)=O)C[C@@H](O)CC1. The normalized spacial score (nSPS) is 26.3. The van der Waals surface area contributed by atoms with Gasteiger partial charge in [-0.15, -0.1) is 5.92 Å². The fourth-order valence-corrected chi connectivity index (χ4v) is 5.47. The van der Waals surface area contributed by atoms with Gasteiger partial charge in [0.05, 0.1) is 12.7 Å². The maximum absolute atomic E-state index is 12.1. The third kappa shape index (κ3) is 9.01. The number of benzene rings is 1. The van der Waals surface area contributed by atoms with E-state index >= 15 is 0 Å². The number of aliphatic hydroxyl groups excluding tert-OH is 2. The molecule has 3 rings (SSSR count). The van der Waals surface area contributed by atoms with Crippen LogP contribution < -0.4 is 21.1 Å². The van der Waals surface area contributed by atoms with Crippen molar-refractivity contribution in [2.75, 3.05) is 26.7 Å². The second kappa shape index (κ2) is 15.1. The topological polar surface area (TPSA) is 159 Å². The van der Waals surface area contributed by atoms with Gasteiger partial charge in [-0.1, -0.05) is 12.8 Å². The number of nitrogens with zero attached hydrogens (tertiary/aromatic N) is 1.